The lowest BCUT2D eigenvalue weighted by atomic mass is 9.90. The van der Waals surface area contributed by atoms with Gasteiger partial charge in [0.2, 0.25) is 0 Å². The normalized spacial score (nSPS) is 17.8. The minimum absolute atomic E-state index is 0.0462. The van der Waals surface area contributed by atoms with E-state index in [0.29, 0.717) is 5.56 Å². The van der Waals surface area contributed by atoms with Crippen LogP contribution in [-0.2, 0) is 4.79 Å². The van der Waals surface area contributed by atoms with Gasteiger partial charge in [-0.25, -0.2) is 14.5 Å². The lowest BCUT2D eigenvalue weighted by Gasteiger charge is -2.19. The van der Waals surface area contributed by atoms with Crippen molar-refractivity contribution in [1.29, 1.82) is 0 Å². The molecule has 152 valence electrons. The van der Waals surface area contributed by atoms with Crippen molar-refractivity contribution in [3.05, 3.63) is 53.9 Å². The van der Waals surface area contributed by atoms with E-state index in [4.69, 9.17) is 0 Å². The van der Waals surface area contributed by atoms with Crippen LogP contribution in [0, 0.1) is 0 Å². The number of imide groups is 1. The summed E-state index contributed by atoms with van der Waals surface area (Å²) in [6, 6.07) is 3.84. The molecule has 3 amide bonds. The molecule has 1 aliphatic heterocycles. The number of rotatable bonds is 5. The summed E-state index contributed by atoms with van der Waals surface area (Å²) in [7, 11) is 0. The first-order valence-electron chi connectivity index (χ1n) is 8.26. The Hall–Kier alpha value is -3.63. The molecule has 2 unspecified atom stereocenters. The Balaban J connectivity index is 1.84. The molecule has 1 aromatic heterocycles. The summed E-state index contributed by atoms with van der Waals surface area (Å²) in [6.45, 7) is 1.58. The van der Waals surface area contributed by atoms with Gasteiger partial charge in [-0.2, -0.15) is 0 Å². The van der Waals surface area contributed by atoms with Crippen molar-refractivity contribution in [1.82, 2.24) is 10.3 Å². The van der Waals surface area contributed by atoms with Crippen LogP contribution in [0.4, 0.5) is 23.7 Å². The molecule has 1 fully saturated rings. The highest BCUT2D eigenvalue weighted by atomic mass is 19.4. The minimum atomic E-state index is -4.87. The van der Waals surface area contributed by atoms with Crippen molar-refractivity contribution < 1.29 is 37.4 Å². The third kappa shape index (κ3) is 4.13. The van der Waals surface area contributed by atoms with Gasteiger partial charge < -0.3 is 15.2 Å². The Kier molecular flexibility index (Phi) is 5.14. The molecule has 2 aromatic rings. The zero-order valence-electron chi connectivity index (χ0n) is 14.8. The largest absolute Gasteiger partial charge is 0.573 e. The van der Waals surface area contributed by atoms with Crippen molar-refractivity contribution in [3.63, 3.8) is 0 Å². The predicted molar refractivity (Wildman–Crippen MR) is 92.5 cm³/mol. The number of pyridine rings is 1. The average Bonchev–Trinajstić information content (AvgIpc) is 2.95. The van der Waals surface area contributed by atoms with Crippen molar-refractivity contribution in [2.75, 3.05) is 4.90 Å². The number of carboxylic acids is 1. The molecule has 29 heavy (non-hydrogen) atoms. The van der Waals surface area contributed by atoms with E-state index >= 15 is 0 Å². The molecule has 0 aliphatic carbocycles. The highest BCUT2D eigenvalue weighted by molar-refractivity contribution is 6.21. The second kappa shape index (κ2) is 7.41. The minimum Gasteiger partial charge on any atom is -0.478 e. The van der Waals surface area contributed by atoms with E-state index in [1.165, 1.54) is 12.3 Å². The fourth-order valence-electron chi connectivity index (χ4n) is 3.04. The number of alkyl halides is 3. The summed E-state index contributed by atoms with van der Waals surface area (Å²) in [6.07, 6.45) is -2.35. The molecule has 2 heterocycles. The zero-order chi connectivity index (χ0) is 21.3. The van der Waals surface area contributed by atoms with E-state index < -0.39 is 42.0 Å². The Morgan fingerprint density at radius 2 is 1.90 bits per heavy atom. The molecule has 0 radical (unpaired) electrons. The highest BCUT2D eigenvalue weighted by Gasteiger charge is 2.43. The van der Waals surface area contributed by atoms with E-state index in [2.05, 4.69) is 15.0 Å². The van der Waals surface area contributed by atoms with Gasteiger partial charge in [-0.3, -0.25) is 9.78 Å². The van der Waals surface area contributed by atoms with E-state index in [1.807, 2.05) is 0 Å². The Morgan fingerprint density at radius 1 is 1.24 bits per heavy atom. The maximum absolute atomic E-state index is 12.8. The number of aromatic carboxylic acids is 1. The number of benzene rings is 1. The molecule has 2 atom stereocenters. The summed E-state index contributed by atoms with van der Waals surface area (Å²) in [5.74, 6) is -3.09. The van der Waals surface area contributed by atoms with Crippen molar-refractivity contribution >= 4 is 23.6 Å². The van der Waals surface area contributed by atoms with Crippen LogP contribution in [-0.4, -0.2) is 40.4 Å². The molecule has 1 saturated heterocycles. The van der Waals surface area contributed by atoms with Gasteiger partial charge in [0.15, 0.2) is 0 Å². The number of carbonyl (C=O) groups excluding carboxylic acids is 2. The van der Waals surface area contributed by atoms with Crippen LogP contribution in [0.2, 0.25) is 0 Å². The molecule has 2 N–H and O–H groups in total. The molecule has 11 heteroatoms. The summed E-state index contributed by atoms with van der Waals surface area (Å²) >= 11 is 0. The third-order valence-electron chi connectivity index (χ3n) is 4.37. The van der Waals surface area contributed by atoms with Gasteiger partial charge >= 0.3 is 18.4 Å². The fraction of sp³-hybridized carbons (Fsp3) is 0.222. The van der Waals surface area contributed by atoms with Crippen LogP contribution < -0.4 is 15.0 Å². The molecule has 0 spiro atoms. The lowest BCUT2D eigenvalue weighted by molar-refractivity contribution is -0.274. The van der Waals surface area contributed by atoms with Gasteiger partial charge in [-0.1, -0.05) is 6.92 Å². The molecule has 3 rings (SSSR count). The summed E-state index contributed by atoms with van der Waals surface area (Å²) in [5, 5.41) is 11.8. The third-order valence-corrected chi connectivity index (χ3v) is 4.37. The quantitative estimate of drug-likeness (QED) is 0.735. The van der Waals surface area contributed by atoms with Crippen LogP contribution in [0.5, 0.6) is 5.75 Å². The fourth-order valence-corrected chi connectivity index (χ4v) is 3.04. The lowest BCUT2D eigenvalue weighted by Crippen LogP contribution is -2.35. The predicted octanol–water partition coefficient (Wildman–Crippen LogP) is 2.91. The van der Waals surface area contributed by atoms with Crippen molar-refractivity contribution in [2.45, 2.75) is 25.2 Å². The van der Waals surface area contributed by atoms with Gasteiger partial charge in [0, 0.05) is 18.3 Å². The van der Waals surface area contributed by atoms with Gasteiger partial charge in [-0.15, -0.1) is 13.2 Å². The number of amides is 3. The Labute approximate surface area is 161 Å². The van der Waals surface area contributed by atoms with Crippen LogP contribution >= 0.6 is 0 Å². The summed E-state index contributed by atoms with van der Waals surface area (Å²) in [4.78, 5) is 41.0. The Bertz CT molecular complexity index is 962. The standard InChI is InChI=1S/C18H14F3N3O5/c1-9(12-6-7-22-8-13(12)16(26)27)14-15(25)24(17(28)23-14)10-2-4-11(5-3-10)29-18(19,20)21/h2-9,14H,1H3,(H,23,28)(H,26,27). The number of carboxylic acid groups (broad SMARTS) is 1. The van der Waals surface area contributed by atoms with Crippen LogP contribution in [0.25, 0.3) is 0 Å². The molecule has 8 nitrogen and oxygen atoms in total. The molecule has 0 bridgehead atoms. The zero-order valence-corrected chi connectivity index (χ0v) is 14.8. The van der Waals surface area contributed by atoms with E-state index in [-0.39, 0.29) is 11.3 Å². The number of aromatic nitrogens is 1. The van der Waals surface area contributed by atoms with E-state index in [0.717, 1.165) is 35.4 Å². The number of ether oxygens (including phenoxy) is 1. The second-order valence-electron chi connectivity index (χ2n) is 6.20. The monoisotopic (exact) mass is 409 g/mol. The first-order chi connectivity index (χ1) is 13.6. The number of hydrogen-bond acceptors (Lipinski definition) is 5. The molecular formula is C18H14F3N3O5. The topological polar surface area (TPSA) is 109 Å². The first-order valence-corrected chi connectivity index (χ1v) is 8.26. The number of urea groups is 1. The second-order valence-corrected chi connectivity index (χ2v) is 6.20. The first kappa shape index (κ1) is 20.1. The van der Waals surface area contributed by atoms with E-state index in [9.17, 15) is 32.7 Å². The van der Waals surface area contributed by atoms with Gasteiger partial charge in [-0.05, 0) is 35.9 Å². The molecule has 1 aliphatic rings. The molecule has 0 saturated carbocycles. The van der Waals surface area contributed by atoms with Crippen LogP contribution in [0.15, 0.2) is 42.7 Å². The van der Waals surface area contributed by atoms with Crippen molar-refractivity contribution in [2.24, 2.45) is 0 Å². The summed E-state index contributed by atoms with van der Waals surface area (Å²) < 4.78 is 40.5. The highest BCUT2D eigenvalue weighted by Crippen LogP contribution is 2.31. The average molecular weight is 409 g/mol. The van der Waals surface area contributed by atoms with Gasteiger partial charge in [0.1, 0.15) is 11.8 Å². The van der Waals surface area contributed by atoms with Gasteiger partial charge in [0.05, 0.1) is 11.3 Å². The number of hydrogen-bond donors (Lipinski definition) is 2. The van der Waals surface area contributed by atoms with Crippen LogP contribution in [0.3, 0.4) is 0 Å². The maximum Gasteiger partial charge on any atom is 0.573 e. The number of anilines is 1. The SMILES string of the molecule is CC(c1ccncc1C(=O)O)C1NC(=O)N(c2ccc(OC(F)(F)F)cc2)C1=O. The molecule has 1 aromatic carbocycles. The van der Waals surface area contributed by atoms with Gasteiger partial charge in [0.25, 0.3) is 5.91 Å². The van der Waals surface area contributed by atoms with Crippen LogP contribution in [0.1, 0.15) is 28.8 Å². The number of carbonyl (C=O) groups is 3. The smallest absolute Gasteiger partial charge is 0.478 e. The summed E-state index contributed by atoms with van der Waals surface area (Å²) in [5.41, 5.74) is 0.251. The number of nitrogens with one attached hydrogen (secondary N) is 1. The van der Waals surface area contributed by atoms with Crippen molar-refractivity contribution in [3.8, 4) is 5.75 Å². The number of halogens is 3. The van der Waals surface area contributed by atoms with E-state index in [1.54, 1.807) is 6.92 Å². The maximum atomic E-state index is 12.8. The number of nitrogens with zero attached hydrogens (tertiary/aromatic N) is 2. The Morgan fingerprint density at radius 3 is 2.48 bits per heavy atom. The molecular weight excluding hydrogens is 395 g/mol.